The summed E-state index contributed by atoms with van der Waals surface area (Å²) in [4.78, 5) is 11.0. The van der Waals surface area contributed by atoms with E-state index in [0.717, 1.165) is 32.5 Å². The fraction of sp³-hybridized carbons (Fsp3) is 0.864. The first kappa shape index (κ1) is 22.4. The molecule has 0 aliphatic carbocycles. The zero-order valence-electron chi connectivity index (χ0n) is 17.0. The fourth-order valence-corrected chi connectivity index (χ4v) is 4.44. The predicted octanol–water partition coefficient (Wildman–Crippen LogP) is 4.78. The molecule has 0 aromatic heterocycles. The Morgan fingerprint density at radius 2 is 1.81 bits per heavy atom. The summed E-state index contributed by atoms with van der Waals surface area (Å²) in [6.45, 7) is 3.97. The zero-order valence-corrected chi connectivity index (χ0v) is 17.0. The molecular formula is C22H39NO4. The number of hydrogen-bond acceptors (Lipinski definition) is 4. The van der Waals surface area contributed by atoms with E-state index < -0.39 is 0 Å². The molecule has 2 fully saturated rings. The molecular weight excluding hydrogens is 342 g/mol. The van der Waals surface area contributed by atoms with Crippen molar-refractivity contribution in [2.24, 2.45) is 11.8 Å². The van der Waals surface area contributed by atoms with Gasteiger partial charge in [-0.1, -0.05) is 51.2 Å². The van der Waals surface area contributed by atoms with Gasteiger partial charge in [-0.3, -0.25) is 10.0 Å². The second-order valence-corrected chi connectivity index (χ2v) is 8.10. The van der Waals surface area contributed by atoms with Gasteiger partial charge in [-0.2, -0.15) is 0 Å². The third-order valence-electron chi connectivity index (χ3n) is 6.02. The number of hydroxylamine groups is 1. The van der Waals surface area contributed by atoms with Crippen molar-refractivity contribution >= 4 is 5.91 Å². The molecule has 0 saturated carbocycles. The third-order valence-corrected chi connectivity index (χ3v) is 6.02. The van der Waals surface area contributed by atoms with Crippen molar-refractivity contribution < 1.29 is 19.5 Å². The van der Waals surface area contributed by atoms with Gasteiger partial charge in [0.2, 0.25) is 5.91 Å². The van der Waals surface area contributed by atoms with Crippen molar-refractivity contribution in [3.8, 4) is 0 Å². The van der Waals surface area contributed by atoms with Gasteiger partial charge >= 0.3 is 0 Å². The van der Waals surface area contributed by atoms with E-state index >= 15 is 0 Å². The van der Waals surface area contributed by atoms with Crippen LogP contribution in [0.3, 0.4) is 0 Å². The standard InChI is InChI=1S/C22H39NO4/c1-2-3-4-5-8-11-16-26-17-19-18(20-14-15-21(19)27-20)12-9-6-7-10-13-22(24)23-25/h6,9,18-21,25H,2-5,7-8,10-17H2,1H3,(H,23,24)/t18-,19+,20-,21+/m0/s1. The number of carbonyl (C=O) groups excluding carboxylic acids is 1. The maximum Gasteiger partial charge on any atom is 0.243 e. The van der Waals surface area contributed by atoms with Gasteiger partial charge in [-0.15, -0.1) is 0 Å². The summed E-state index contributed by atoms with van der Waals surface area (Å²) >= 11 is 0. The molecule has 2 aliphatic rings. The number of allylic oxidation sites excluding steroid dienone is 2. The van der Waals surface area contributed by atoms with Gasteiger partial charge in [-0.25, -0.2) is 5.48 Å². The topological polar surface area (TPSA) is 67.8 Å². The van der Waals surface area contributed by atoms with E-state index in [0.29, 0.717) is 30.5 Å². The van der Waals surface area contributed by atoms with Crippen molar-refractivity contribution in [2.75, 3.05) is 13.2 Å². The van der Waals surface area contributed by atoms with Gasteiger partial charge in [0.25, 0.3) is 0 Å². The smallest absolute Gasteiger partial charge is 0.243 e. The Morgan fingerprint density at radius 3 is 2.59 bits per heavy atom. The minimum atomic E-state index is -0.313. The van der Waals surface area contributed by atoms with Crippen LogP contribution in [0.1, 0.15) is 84.0 Å². The van der Waals surface area contributed by atoms with Crippen LogP contribution in [0.25, 0.3) is 0 Å². The Morgan fingerprint density at radius 1 is 1.07 bits per heavy atom. The molecule has 0 unspecified atom stereocenters. The van der Waals surface area contributed by atoms with Crippen LogP contribution in [0.5, 0.6) is 0 Å². The molecule has 0 aromatic carbocycles. The van der Waals surface area contributed by atoms with E-state index in [1.165, 1.54) is 51.4 Å². The number of rotatable bonds is 15. The van der Waals surface area contributed by atoms with Crippen molar-refractivity contribution in [1.82, 2.24) is 5.48 Å². The molecule has 0 radical (unpaired) electrons. The van der Waals surface area contributed by atoms with Crippen LogP contribution in [-0.4, -0.2) is 36.5 Å². The van der Waals surface area contributed by atoms with E-state index in [1.807, 2.05) is 0 Å². The second kappa shape index (κ2) is 13.3. The number of amides is 1. The first-order valence-electron chi connectivity index (χ1n) is 11.1. The summed E-state index contributed by atoms with van der Waals surface area (Å²) in [5, 5.41) is 8.48. The van der Waals surface area contributed by atoms with Crippen molar-refractivity contribution in [3.63, 3.8) is 0 Å². The van der Waals surface area contributed by atoms with Gasteiger partial charge in [0.15, 0.2) is 0 Å². The Kier molecular flexibility index (Phi) is 11.0. The Bertz CT molecular complexity index is 440. The molecule has 5 heteroatoms. The van der Waals surface area contributed by atoms with Crippen molar-refractivity contribution in [3.05, 3.63) is 12.2 Å². The fourth-order valence-electron chi connectivity index (χ4n) is 4.44. The average Bonchev–Trinajstić information content (AvgIpc) is 3.28. The number of ether oxygens (including phenoxy) is 2. The lowest BCUT2D eigenvalue weighted by Gasteiger charge is -2.27. The zero-order chi connectivity index (χ0) is 19.3. The van der Waals surface area contributed by atoms with Crippen LogP contribution < -0.4 is 5.48 Å². The second-order valence-electron chi connectivity index (χ2n) is 8.10. The summed E-state index contributed by atoms with van der Waals surface area (Å²) in [6, 6.07) is 0. The van der Waals surface area contributed by atoms with Crippen LogP contribution in [-0.2, 0) is 14.3 Å². The Balaban J connectivity index is 1.59. The molecule has 4 atom stereocenters. The molecule has 2 rings (SSSR count). The number of nitrogens with one attached hydrogen (secondary N) is 1. The largest absolute Gasteiger partial charge is 0.381 e. The first-order chi connectivity index (χ1) is 13.3. The van der Waals surface area contributed by atoms with Crippen molar-refractivity contribution in [2.45, 2.75) is 96.2 Å². The van der Waals surface area contributed by atoms with Gasteiger partial charge < -0.3 is 9.47 Å². The molecule has 1 amide bonds. The summed E-state index contributed by atoms with van der Waals surface area (Å²) in [7, 11) is 0. The monoisotopic (exact) mass is 381 g/mol. The molecule has 27 heavy (non-hydrogen) atoms. The maximum atomic E-state index is 11.0. The normalized spacial score (nSPS) is 26.9. The summed E-state index contributed by atoms with van der Waals surface area (Å²) < 4.78 is 12.2. The quantitative estimate of drug-likeness (QED) is 0.185. The highest BCUT2D eigenvalue weighted by molar-refractivity contribution is 5.74. The van der Waals surface area contributed by atoms with Crippen LogP contribution in [0, 0.1) is 11.8 Å². The van der Waals surface area contributed by atoms with Crippen LogP contribution in [0.2, 0.25) is 0 Å². The Hall–Kier alpha value is -0.910. The van der Waals surface area contributed by atoms with Crippen LogP contribution >= 0.6 is 0 Å². The number of fused-ring (bicyclic) bond motifs is 2. The maximum absolute atomic E-state index is 11.0. The summed E-state index contributed by atoms with van der Waals surface area (Å²) in [6.07, 6.45) is 18.4. The molecule has 2 heterocycles. The van der Waals surface area contributed by atoms with E-state index in [4.69, 9.17) is 14.7 Å². The minimum Gasteiger partial charge on any atom is -0.381 e. The number of hydrogen-bond donors (Lipinski definition) is 2. The Labute approximate surface area is 164 Å². The molecule has 5 nitrogen and oxygen atoms in total. The van der Waals surface area contributed by atoms with Crippen LogP contribution in [0.15, 0.2) is 12.2 Å². The highest BCUT2D eigenvalue weighted by Gasteiger charge is 2.48. The lowest BCUT2D eigenvalue weighted by molar-refractivity contribution is -0.129. The van der Waals surface area contributed by atoms with Crippen molar-refractivity contribution in [1.29, 1.82) is 0 Å². The third kappa shape index (κ3) is 7.92. The average molecular weight is 382 g/mol. The molecule has 2 bridgehead atoms. The lowest BCUT2D eigenvalue weighted by atomic mass is 9.78. The molecule has 2 N–H and O–H groups in total. The first-order valence-corrected chi connectivity index (χ1v) is 11.1. The highest BCUT2D eigenvalue weighted by Crippen LogP contribution is 2.45. The highest BCUT2D eigenvalue weighted by atomic mass is 16.5. The van der Waals surface area contributed by atoms with E-state index in [1.54, 1.807) is 5.48 Å². The molecule has 0 spiro atoms. The van der Waals surface area contributed by atoms with E-state index in [2.05, 4.69) is 19.1 Å². The molecule has 156 valence electrons. The van der Waals surface area contributed by atoms with E-state index in [-0.39, 0.29) is 5.91 Å². The number of unbranched alkanes of at least 4 members (excludes halogenated alkanes) is 6. The van der Waals surface area contributed by atoms with E-state index in [9.17, 15) is 4.79 Å². The van der Waals surface area contributed by atoms with Crippen LogP contribution in [0.4, 0.5) is 0 Å². The van der Waals surface area contributed by atoms with Gasteiger partial charge in [0.1, 0.15) is 0 Å². The SMILES string of the molecule is CCCCCCCCOC[C@@H]1[C@H](CC=CCCCC(=O)NO)[C@@H]2CC[C@H]1O2. The predicted molar refractivity (Wildman–Crippen MR) is 107 cm³/mol. The molecule has 0 aromatic rings. The minimum absolute atomic E-state index is 0.313. The van der Waals surface area contributed by atoms with Gasteiger partial charge in [-0.05, 0) is 44.4 Å². The summed E-state index contributed by atoms with van der Waals surface area (Å²) in [5.74, 6) is 0.798. The molecule has 2 saturated heterocycles. The lowest BCUT2D eigenvalue weighted by Crippen LogP contribution is -2.30. The van der Waals surface area contributed by atoms with Gasteiger partial charge in [0.05, 0.1) is 18.8 Å². The number of carbonyl (C=O) groups is 1. The summed E-state index contributed by atoms with van der Waals surface area (Å²) in [5.41, 5.74) is 1.67. The molecule has 2 aliphatic heterocycles. The van der Waals surface area contributed by atoms with Gasteiger partial charge in [0, 0.05) is 18.9 Å².